The summed E-state index contributed by atoms with van der Waals surface area (Å²) in [5.41, 5.74) is 4.66. The molecule has 11 rings (SSSR count). The molecule has 97 heavy (non-hydrogen) atoms. The van der Waals surface area contributed by atoms with E-state index >= 15 is 0 Å². The zero-order valence-corrected chi connectivity index (χ0v) is 58.6. The lowest BCUT2D eigenvalue weighted by atomic mass is 9.80. The lowest BCUT2D eigenvalue weighted by Crippen LogP contribution is -2.49. The van der Waals surface area contributed by atoms with Gasteiger partial charge in [0.1, 0.15) is 70.4 Å². The van der Waals surface area contributed by atoms with E-state index in [4.69, 9.17) is 79.9 Å². The monoisotopic (exact) mass is 1370 g/mol. The van der Waals surface area contributed by atoms with E-state index in [1.807, 2.05) is 109 Å². The fourth-order valence-electron chi connectivity index (χ4n) is 11.5. The number of carbonyl (C=O) groups excluding carboxylic acids is 1. The maximum atomic E-state index is 14.8. The Morgan fingerprint density at radius 2 is 1.34 bits per heavy atom. The summed E-state index contributed by atoms with van der Waals surface area (Å²) in [5.74, 6) is 2.76. The summed E-state index contributed by atoms with van der Waals surface area (Å²) >= 11 is 15.1. The SMILES string of the molecule is CCOC(=O)[C@@H](Cc1cc(O[Si](C)(C)C(C)(C)C)ccc1OCc1ccnc(-c2ccccc2OC)n1)Oc1ncnc2oc(-c3ccc(F)cc3)c(-c3cc(Cl)c(O[C@H](COC(c4ccccc4)(c4ccc(OC)cc4)c4ccc(OC)cc4)CN4CCN(C)CC4)c(Cl)c3)c12. The van der Waals surface area contributed by atoms with Crippen LogP contribution in [0, 0.1) is 5.82 Å². The topological polar surface area (TPSA) is 171 Å². The molecule has 21 heteroatoms. The number of furan rings is 1. The molecule has 2 atom stereocenters. The molecule has 0 amide bonds. The van der Waals surface area contributed by atoms with Gasteiger partial charge in [-0.2, -0.15) is 0 Å². The van der Waals surface area contributed by atoms with Gasteiger partial charge in [-0.1, -0.05) is 111 Å². The van der Waals surface area contributed by atoms with E-state index in [1.54, 1.807) is 64.8 Å². The Morgan fingerprint density at radius 3 is 1.98 bits per heavy atom. The normalized spacial score (nSPS) is 13.8. The van der Waals surface area contributed by atoms with E-state index in [1.165, 1.54) is 18.5 Å². The number of esters is 1. The zero-order valence-electron chi connectivity index (χ0n) is 56.1. The van der Waals surface area contributed by atoms with Crippen molar-refractivity contribution >= 4 is 48.6 Å². The fraction of sp³-hybridized carbons (Fsp3) is 0.303. The first-order chi connectivity index (χ1) is 46.8. The number of carbonyl (C=O) groups is 1. The number of fused-ring (bicyclic) bond motifs is 1. The number of nitrogens with zero attached hydrogens (tertiary/aromatic N) is 6. The lowest BCUT2D eigenvalue weighted by molar-refractivity contribution is -0.151. The summed E-state index contributed by atoms with van der Waals surface area (Å²) in [5, 5.41) is 0.419. The van der Waals surface area contributed by atoms with E-state index in [0.29, 0.717) is 69.1 Å². The van der Waals surface area contributed by atoms with Crippen LogP contribution in [0.4, 0.5) is 4.39 Å². The van der Waals surface area contributed by atoms with Crippen LogP contribution >= 0.6 is 23.2 Å². The van der Waals surface area contributed by atoms with Gasteiger partial charge >= 0.3 is 5.97 Å². The number of likely N-dealkylation sites (N-methyl/N-ethyl adjacent to an activating group) is 1. The van der Waals surface area contributed by atoms with E-state index in [9.17, 15) is 9.18 Å². The van der Waals surface area contributed by atoms with Gasteiger partial charge < -0.3 is 51.6 Å². The lowest BCUT2D eigenvalue weighted by Gasteiger charge is -2.39. The molecule has 1 aliphatic heterocycles. The van der Waals surface area contributed by atoms with Crippen molar-refractivity contribution in [3.05, 3.63) is 220 Å². The van der Waals surface area contributed by atoms with E-state index in [0.717, 1.165) is 48.4 Å². The Balaban J connectivity index is 0.975. The van der Waals surface area contributed by atoms with Gasteiger partial charge in [-0.15, -0.1) is 0 Å². The molecule has 0 saturated carbocycles. The van der Waals surface area contributed by atoms with Gasteiger partial charge in [0.15, 0.2) is 11.6 Å². The molecule has 4 heterocycles. The van der Waals surface area contributed by atoms with Crippen LogP contribution in [0.15, 0.2) is 181 Å². The summed E-state index contributed by atoms with van der Waals surface area (Å²) < 4.78 is 79.1. The maximum Gasteiger partial charge on any atom is 0.347 e. The smallest absolute Gasteiger partial charge is 0.347 e. The van der Waals surface area contributed by atoms with Gasteiger partial charge in [-0.05, 0) is 151 Å². The van der Waals surface area contributed by atoms with Crippen LogP contribution in [-0.2, 0) is 32.9 Å². The third kappa shape index (κ3) is 15.8. The fourth-order valence-corrected chi connectivity index (χ4v) is 13.1. The van der Waals surface area contributed by atoms with Crippen molar-refractivity contribution in [1.29, 1.82) is 0 Å². The summed E-state index contributed by atoms with van der Waals surface area (Å²) in [6.45, 7) is 16.4. The molecule has 1 saturated heterocycles. The average molecular weight is 1370 g/mol. The Bertz CT molecular complexity index is 4250. The molecule has 1 aliphatic rings. The number of hydrogen-bond donors (Lipinski definition) is 0. The quantitative estimate of drug-likeness (QED) is 0.0270. The van der Waals surface area contributed by atoms with E-state index < -0.39 is 37.9 Å². The number of benzene rings is 7. The van der Waals surface area contributed by atoms with Crippen molar-refractivity contribution in [2.45, 2.75) is 76.7 Å². The molecule has 17 nitrogen and oxygen atoms in total. The number of methoxy groups -OCH3 is 3. The van der Waals surface area contributed by atoms with Gasteiger partial charge in [0.05, 0.1) is 55.8 Å². The molecule has 0 spiro atoms. The number of halogens is 3. The average Bonchev–Trinajstić information content (AvgIpc) is 1.69. The predicted molar refractivity (Wildman–Crippen MR) is 377 cm³/mol. The molecule has 0 bridgehead atoms. The molecule has 7 aromatic carbocycles. The minimum atomic E-state index is -2.40. The van der Waals surface area contributed by atoms with Gasteiger partial charge in [0.2, 0.25) is 26.0 Å². The minimum absolute atomic E-state index is 0.0336. The highest BCUT2D eigenvalue weighted by atomic mass is 35.5. The van der Waals surface area contributed by atoms with Gasteiger partial charge in [0.25, 0.3) is 0 Å². The molecule has 1 fully saturated rings. The first-order valence-electron chi connectivity index (χ1n) is 32.1. The number of aromatic nitrogens is 4. The first kappa shape index (κ1) is 69.3. The Morgan fingerprint density at radius 1 is 0.701 bits per heavy atom. The third-order valence-corrected chi connectivity index (χ3v) is 22.6. The number of hydrogen-bond acceptors (Lipinski definition) is 17. The molecule has 10 aromatic rings. The Hall–Kier alpha value is -9.08. The summed E-state index contributed by atoms with van der Waals surface area (Å²) in [6.07, 6.45) is 0.853. The minimum Gasteiger partial charge on any atom is -0.543 e. The number of rotatable bonds is 27. The molecule has 0 radical (unpaired) electrons. The van der Waals surface area contributed by atoms with Crippen molar-refractivity contribution in [3.8, 4) is 74.2 Å². The second kappa shape index (κ2) is 30.6. The molecule has 0 unspecified atom stereocenters. The van der Waals surface area contributed by atoms with Crippen molar-refractivity contribution in [3.63, 3.8) is 0 Å². The van der Waals surface area contributed by atoms with Crippen molar-refractivity contribution in [2.24, 2.45) is 0 Å². The van der Waals surface area contributed by atoms with Crippen LogP contribution in [0.1, 0.15) is 55.6 Å². The summed E-state index contributed by atoms with van der Waals surface area (Å²) in [7, 11) is 4.58. The number of piperazine rings is 1. The second-order valence-electron chi connectivity index (χ2n) is 25.2. The largest absolute Gasteiger partial charge is 0.543 e. The molecule has 3 aromatic heterocycles. The van der Waals surface area contributed by atoms with Crippen LogP contribution in [0.5, 0.6) is 40.4 Å². The van der Waals surface area contributed by atoms with Crippen LogP contribution in [0.25, 0.3) is 44.9 Å². The highest BCUT2D eigenvalue weighted by molar-refractivity contribution is 6.74. The molecular weight excluding hydrogens is 1290 g/mol. The van der Waals surface area contributed by atoms with Crippen LogP contribution < -0.4 is 32.8 Å². The van der Waals surface area contributed by atoms with E-state index in [-0.39, 0.29) is 69.8 Å². The predicted octanol–water partition coefficient (Wildman–Crippen LogP) is 16.0. The Kier molecular flexibility index (Phi) is 21.8. The second-order valence-corrected chi connectivity index (χ2v) is 30.7. The standard InChI is InChI=1S/C76H79Cl2FN6O11Si/c1-11-90-74(86)66(44-50-41-59(96-97(9,10)75(2,3)4)33-34-64(50)91-46-56-35-36-80-71(83-56)61-19-15-16-20-65(61)89-8)94-72-68-67(69(95-73(68)82-48-81-72)49-21-27-55(79)28-22-49)51-42-62(77)70(63(78)43-51)93-60(45-85-39-37-84(5)38-40-85)47-92-76(52-17-13-12-14-18-52,53-23-29-57(87-6)30-24-53)54-25-31-58(88-7)32-26-54/h12-36,41-43,48,60,66H,11,37-40,44-47H2,1-10H3/t60-,66+/m0/s1. The summed E-state index contributed by atoms with van der Waals surface area (Å²) in [6, 6.07) is 49.9. The van der Waals surface area contributed by atoms with Crippen LogP contribution in [0.2, 0.25) is 28.2 Å². The highest BCUT2D eigenvalue weighted by Crippen LogP contribution is 2.49. The van der Waals surface area contributed by atoms with Gasteiger partial charge in [-0.25, -0.2) is 29.1 Å². The van der Waals surface area contributed by atoms with Crippen molar-refractivity contribution in [1.82, 2.24) is 29.7 Å². The van der Waals surface area contributed by atoms with Crippen LogP contribution in [-0.4, -0.2) is 131 Å². The molecule has 504 valence electrons. The summed E-state index contributed by atoms with van der Waals surface area (Å²) in [4.78, 5) is 37.9. The highest BCUT2D eigenvalue weighted by Gasteiger charge is 2.41. The van der Waals surface area contributed by atoms with Gasteiger partial charge in [0, 0.05) is 62.0 Å². The van der Waals surface area contributed by atoms with Crippen LogP contribution in [0.3, 0.4) is 0 Å². The van der Waals surface area contributed by atoms with E-state index in [2.05, 4.69) is 72.8 Å². The number of ether oxygens (including phenoxy) is 8. The van der Waals surface area contributed by atoms with Gasteiger partial charge in [-0.3, -0.25) is 4.90 Å². The first-order valence-corrected chi connectivity index (χ1v) is 35.8. The maximum absolute atomic E-state index is 14.8. The van der Waals surface area contributed by atoms with Crippen molar-refractivity contribution in [2.75, 3.05) is 74.3 Å². The Labute approximate surface area is 576 Å². The molecule has 0 N–H and O–H groups in total. The molecular formula is C76H79Cl2FN6O11Si. The third-order valence-electron chi connectivity index (χ3n) is 17.7. The molecule has 0 aliphatic carbocycles. The zero-order chi connectivity index (χ0) is 68.4. The van der Waals surface area contributed by atoms with Crippen molar-refractivity contribution < 1.29 is 55.9 Å². The number of para-hydroxylation sites is 1.